The topological polar surface area (TPSA) is 46.6 Å². The smallest absolute Gasteiger partial charge is 0.293 e. The molecule has 1 aliphatic rings. The average Bonchev–Trinajstić information content (AvgIpc) is 3.03. The molecule has 0 bridgehead atoms. The largest absolute Gasteiger partial charge is 0.488 e. The van der Waals surface area contributed by atoms with Crippen LogP contribution < -0.4 is 4.74 Å². The molecule has 0 spiro atoms. The lowest BCUT2D eigenvalue weighted by Gasteiger charge is -2.12. The zero-order valence-corrected chi connectivity index (χ0v) is 21.0. The lowest BCUT2D eigenvalue weighted by molar-refractivity contribution is -0.123. The van der Waals surface area contributed by atoms with E-state index in [4.69, 9.17) is 27.9 Å². The summed E-state index contributed by atoms with van der Waals surface area (Å²) < 4.78 is 7.05. The summed E-state index contributed by atoms with van der Waals surface area (Å²) in [6.07, 6.45) is 1.69. The average molecular weight is 596 g/mol. The molecule has 1 fully saturated rings. The molecular formula is C24H16Cl2INO3S. The van der Waals surface area contributed by atoms with Crippen molar-refractivity contribution in [2.24, 2.45) is 0 Å². The van der Waals surface area contributed by atoms with Crippen molar-refractivity contribution in [1.82, 2.24) is 4.90 Å². The number of para-hydroxylation sites is 1. The lowest BCUT2D eigenvalue weighted by atomic mass is 10.1. The number of thioether (sulfide) groups is 1. The molecule has 1 aliphatic heterocycles. The highest BCUT2D eigenvalue weighted by Crippen LogP contribution is 2.35. The first kappa shape index (κ1) is 23.2. The van der Waals surface area contributed by atoms with Crippen molar-refractivity contribution in [2.75, 3.05) is 0 Å². The van der Waals surface area contributed by atoms with E-state index in [-0.39, 0.29) is 24.3 Å². The number of carbonyl (C=O) groups excluding carboxylic acids is 2. The molecule has 3 aromatic carbocycles. The fourth-order valence-corrected chi connectivity index (χ4v) is 4.73. The minimum atomic E-state index is -0.311. The van der Waals surface area contributed by atoms with E-state index in [0.717, 1.165) is 26.5 Å². The van der Waals surface area contributed by atoms with Crippen LogP contribution in [0.5, 0.6) is 5.75 Å². The molecule has 162 valence electrons. The van der Waals surface area contributed by atoms with Gasteiger partial charge in [-0.05, 0) is 76.3 Å². The van der Waals surface area contributed by atoms with Crippen LogP contribution in [0.25, 0.3) is 6.08 Å². The maximum absolute atomic E-state index is 12.9. The first-order valence-electron chi connectivity index (χ1n) is 9.56. The molecule has 4 nitrogen and oxygen atoms in total. The molecule has 8 heteroatoms. The Hall–Kier alpha value is -2.00. The fourth-order valence-electron chi connectivity index (χ4n) is 3.08. The molecule has 3 aromatic rings. The Morgan fingerprint density at radius 1 is 1.00 bits per heavy atom. The van der Waals surface area contributed by atoms with Crippen molar-refractivity contribution in [1.29, 1.82) is 0 Å². The third-order valence-corrected chi connectivity index (χ3v) is 6.94. The van der Waals surface area contributed by atoms with Gasteiger partial charge in [0, 0.05) is 24.7 Å². The van der Waals surface area contributed by atoms with Crippen LogP contribution in [-0.4, -0.2) is 16.0 Å². The van der Waals surface area contributed by atoms with Gasteiger partial charge < -0.3 is 4.74 Å². The molecule has 4 rings (SSSR count). The Morgan fingerprint density at radius 3 is 2.50 bits per heavy atom. The van der Waals surface area contributed by atoms with E-state index >= 15 is 0 Å². The Kier molecular flexibility index (Phi) is 7.45. The highest BCUT2D eigenvalue weighted by Gasteiger charge is 2.35. The van der Waals surface area contributed by atoms with Gasteiger partial charge in [0.2, 0.25) is 0 Å². The van der Waals surface area contributed by atoms with Crippen molar-refractivity contribution in [2.45, 2.75) is 13.2 Å². The number of benzene rings is 3. The highest BCUT2D eigenvalue weighted by molar-refractivity contribution is 14.1. The Bertz CT molecular complexity index is 1210. The van der Waals surface area contributed by atoms with E-state index < -0.39 is 0 Å². The lowest BCUT2D eigenvalue weighted by Crippen LogP contribution is -2.27. The summed E-state index contributed by atoms with van der Waals surface area (Å²) in [7, 11) is 0. The molecule has 1 heterocycles. The summed E-state index contributed by atoms with van der Waals surface area (Å²) in [5.74, 6) is 0.275. The zero-order valence-electron chi connectivity index (χ0n) is 16.6. The summed E-state index contributed by atoms with van der Waals surface area (Å²) in [6, 6.07) is 20.3. The second-order valence-electron chi connectivity index (χ2n) is 6.96. The summed E-state index contributed by atoms with van der Waals surface area (Å²) in [4.78, 5) is 27.0. The van der Waals surface area contributed by atoms with Gasteiger partial charge >= 0.3 is 0 Å². The van der Waals surface area contributed by atoms with Crippen LogP contribution >= 0.6 is 57.6 Å². The minimum absolute atomic E-state index is 0.242. The maximum atomic E-state index is 12.9. The van der Waals surface area contributed by atoms with Crippen molar-refractivity contribution in [3.05, 3.63) is 102 Å². The van der Waals surface area contributed by atoms with Crippen LogP contribution in [0, 0.1) is 3.57 Å². The SMILES string of the molecule is O=C1S/C(=C/c2ccccc2OCc2ccc(Cl)cc2Cl)C(=O)N1Cc1ccc(I)cc1. The summed E-state index contributed by atoms with van der Waals surface area (Å²) in [6.45, 7) is 0.487. The zero-order chi connectivity index (χ0) is 22.7. The van der Waals surface area contributed by atoms with Crippen molar-refractivity contribution >= 4 is 74.8 Å². The third kappa shape index (κ3) is 5.49. The second-order valence-corrected chi connectivity index (χ2v) is 10.0. The van der Waals surface area contributed by atoms with Gasteiger partial charge in [0.15, 0.2) is 0 Å². The standard InChI is InChI=1S/C24H16Cl2INO3S/c25-18-8-7-17(20(26)12-18)14-31-21-4-2-1-3-16(21)11-22-23(29)28(24(30)32-22)13-15-5-9-19(27)10-6-15/h1-12H,13-14H2/b22-11+. The van der Waals surface area contributed by atoms with E-state index in [2.05, 4.69) is 22.6 Å². The second kappa shape index (κ2) is 10.3. The van der Waals surface area contributed by atoms with Crippen LogP contribution in [0.4, 0.5) is 4.79 Å². The predicted molar refractivity (Wildman–Crippen MR) is 138 cm³/mol. The quantitative estimate of drug-likeness (QED) is 0.220. The molecular weight excluding hydrogens is 580 g/mol. The van der Waals surface area contributed by atoms with Crippen molar-refractivity contribution in [3.8, 4) is 5.75 Å². The van der Waals surface area contributed by atoms with Gasteiger partial charge in [-0.25, -0.2) is 0 Å². The van der Waals surface area contributed by atoms with Crippen LogP contribution in [0.1, 0.15) is 16.7 Å². The van der Waals surface area contributed by atoms with Gasteiger partial charge in [-0.3, -0.25) is 14.5 Å². The van der Waals surface area contributed by atoms with Gasteiger partial charge in [-0.1, -0.05) is 59.6 Å². The number of ether oxygens (including phenoxy) is 1. The van der Waals surface area contributed by atoms with E-state index in [1.807, 2.05) is 54.6 Å². The van der Waals surface area contributed by atoms with Crippen LogP contribution in [0.2, 0.25) is 10.0 Å². The van der Waals surface area contributed by atoms with Gasteiger partial charge in [-0.2, -0.15) is 0 Å². The molecule has 0 atom stereocenters. The monoisotopic (exact) mass is 595 g/mol. The number of amides is 2. The number of imide groups is 1. The van der Waals surface area contributed by atoms with Crippen LogP contribution in [-0.2, 0) is 17.9 Å². The number of hydrogen-bond acceptors (Lipinski definition) is 4. The van der Waals surface area contributed by atoms with Crippen LogP contribution in [0.3, 0.4) is 0 Å². The molecule has 0 saturated carbocycles. The van der Waals surface area contributed by atoms with Gasteiger partial charge in [0.1, 0.15) is 12.4 Å². The van der Waals surface area contributed by atoms with Crippen molar-refractivity contribution in [3.63, 3.8) is 0 Å². The first-order chi connectivity index (χ1) is 15.4. The Balaban J connectivity index is 1.51. The van der Waals surface area contributed by atoms with Crippen LogP contribution in [0.15, 0.2) is 71.6 Å². The fraction of sp³-hybridized carbons (Fsp3) is 0.0833. The number of halogens is 3. The first-order valence-corrected chi connectivity index (χ1v) is 12.2. The number of hydrogen-bond donors (Lipinski definition) is 0. The molecule has 0 radical (unpaired) electrons. The molecule has 0 aromatic heterocycles. The summed E-state index contributed by atoms with van der Waals surface area (Å²) in [5.41, 5.74) is 2.40. The number of rotatable bonds is 6. The normalized spacial score (nSPS) is 15.0. The van der Waals surface area contributed by atoms with Gasteiger partial charge in [0.05, 0.1) is 11.4 Å². The molecule has 1 saturated heterocycles. The Morgan fingerprint density at radius 2 is 1.75 bits per heavy atom. The van der Waals surface area contributed by atoms with E-state index in [1.54, 1.807) is 18.2 Å². The van der Waals surface area contributed by atoms with E-state index in [1.165, 1.54) is 4.90 Å². The summed E-state index contributed by atoms with van der Waals surface area (Å²) in [5, 5.41) is 0.790. The molecule has 2 amide bonds. The molecule has 0 aliphatic carbocycles. The summed E-state index contributed by atoms with van der Waals surface area (Å²) >= 11 is 15.3. The van der Waals surface area contributed by atoms with Gasteiger partial charge in [0.25, 0.3) is 11.1 Å². The Labute approximate surface area is 213 Å². The molecule has 0 unspecified atom stereocenters. The van der Waals surface area contributed by atoms with Gasteiger partial charge in [-0.15, -0.1) is 0 Å². The molecule has 0 N–H and O–H groups in total. The highest BCUT2D eigenvalue weighted by atomic mass is 127. The predicted octanol–water partition coefficient (Wildman–Crippen LogP) is 7.41. The number of carbonyl (C=O) groups is 2. The van der Waals surface area contributed by atoms with E-state index in [0.29, 0.717) is 26.3 Å². The third-order valence-electron chi connectivity index (χ3n) is 4.73. The molecule has 32 heavy (non-hydrogen) atoms. The number of nitrogens with zero attached hydrogens (tertiary/aromatic N) is 1. The van der Waals surface area contributed by atoms with Crippen molar-refractivity contribution < 1.29 is 14.3 Å². The maximum Gasteiger partial charge on any atom is 0.293 e. The minimum Gasteiger partial charge on any atom is -0.488 e. The van der Waals surface area contributed by atoms with E-state index in [9.17, 15) is 9.59 Å².